The number of ether oxygens (including phenoxy) is 1. The summed E-state index contributed by atoms with van der Waals surface area (Å²) in [5.74, 6) is -2.51. The highest BCUT2D eigenvalue weighted by atomic mass is 19.1. The van der Waals surface area contributed by atoms with Gasteiger partial charge in [0.25, 0.3) is 5.91 Å². The molecule has 2 aliphatic heterocycles. The number of anilines is 1. The van der Waals surface area contributed by atoms with Gasteiger partial charge in [-0.1, -0.05) is 0 Å². The molecule has 2 saturated heterocycles. The number of carbonyl (C=O) groups is 3. The molecule has 2 fully saturated rings. The summed E-state index contributed by atoms with van der Waals surface area (Å²) in [6.45, 7) is 0.997. The molecule has 1 unspecified atom stereocenters. The first kappa shape index (κ1) is 16.2. The molecular weight excluding hydrogens is 321 g/mol. The minimum atomic E-state index is -1.17. The molecule has 128 valence electrons. The van der Waals surface area contributed by atoms with Crippen LogP contribution in [0.1, 0.15) is 10.4 Å². The average Bonchev–Trinajstić information content (AvgIpc) is 3.01. The minimum absolute atomic E-state index is 0.0680. The summed E-state index contributed by atoms with van der Waals surface area (Å²) in [6, 6.07) is 3.56. The van der Waals surface area contributed by atoms with E-state index in [4.69, 9.17) is 9.84 Å². The summed E-state index contributed by atoms with van der Waals surface area (Å²) in [4.78, 5) is 37.9. The number of urea groups is 1. The smallest absolute Gasteiger partial charge is 0.334 e. The standard InChI is InChI=1S/C15H16FN3O5/c16-11-2-1-9(19-4-3-17-15(19)23)7-10(11)13(20)18-5-6-24-12(8-18)14(21)22/h1-2,7,12H,3-6,8H2,(H,17,23)(H,21,22). The quantitative estimate of drug-likeness (QED) is 0.825. The normalized spacial score (nSPS) is 20.9. The SMILES string of the molecule is O=C(O)C1CN(C(=O)c2cc(N3CCNC3=O)ccc2F)CCO1. The summed E-state index contributed by atoms with van der Waals surface area (Å²) in [5.41, 5.74) is 0.219. The summed E-state index contributed by atoms with van der Waals surface area (Å²) >= 11 is 0. The number of amides is 3. The molecule has 9 heteroatoms. The molecule has 2 N–H and O–H groups in total. The molecule has 0 spiro atoms. The molecule has 0 aliphatic carbocycles. The number of carbonyl (C=O) groups excluding carboxylic acids is 2. The van der Waals surface area contributed by atoms with Crippen LogP contribution in [0.5, 0.6) is 0 Å². The van der Waals surface area contributed by atoms with Gasteiger partial charge in [0.05, 0.1) is 18.7 Å². The van der Waals surface area contributed by atoms with Gasteiger partial charge in [0, 0.05) is 25.3 Å². The second kappa shape index (κ2) is 6.44. The zero-order chi connectivity index (χ0) is 17.3. The monoisotopic (exact) mass is 337 g/mol. The number of halogens is 1. The molecule has 0 aromatic heterocycles. The second-order valence-corrected chi connectivity index (χ2v) is 5.50. The van der Waals surface area contributed by atoms with E-state index in [1.807, 2.05) is 0 Å². The van der Waals surface area contributed by atoms with Crippen molar-refractivity contribution in [3.63, 3.8) is 0 Å². The van der Waals surface area contributed by atoms with Gasteiger partial charge in [0.15, 0.2) is 6.10 Å². The number of carboxylic acid groups (broad SMARTS) is 1. The topological polar surface area (TPSA) is 99.2 Å². The summed E-state index contributed by atoms with van der Waals surface area (Å²) in [5, 5.41) is 11.6. The van der Waals surface area contributed by atoms with Crippen molar-refractivity contribution in [1.82, 2.24) is 10.2 Å². The van der Waals surface area contributed by atoms with Crippen LogP contribution in [0, 0.1) is 5.82 Å². The van der Waals surface area contributed by atoms with E-state index in [0.717, 1.165) is 6.07 Å². The van der Waals surface area contributed by atoms with E-state index in [9.17, 15) is 18.8 Å². The lowest BCUT2D eigenvalue weighted by Crippen LogP contribution is -2.48. The van der Waals surface area contributed by atoms with Crippen LogP contribution in [0.3, 0.4) is 0 Å². The van der Waals surface area contributed by atoms with E-state index >= 15 is 0 Å². The molecule has 8 nitrogen and oxygen atoms in total. The largest absolute Gasteiger partial charge is 0.479 e. The van der Waals surface area contributed by atoms with Gasteiger partial charge in [0.1, 0.15) is 5.82 Å². The van der Waals surface area contributed by atoms with E-state index < -0.39 is 23.8 Å². The Hall–Kier alpha value is -2.68. The van der Waals surface area contributed by atoms with E-state index in [1.165, 1.54) is 21.9 Å². The fourth-order valence-corrected chi connectivity index (χ4v) is 2.72. The number of hydrogen-bond acceptors (Lipinski definition) is 4. The number of morpholine rings is 1. The fourth-order valence-electron chi connectivity index (χ4n) is 2.72. The molecule has 24 heavy (non-hydrogen) atoms. The first-order chi connectivity index (χ1) is 11.5. The van der Waals surface area contributed by atoms with Crippen molar-refractivity contribution in [1.29, 1.82) is 0 Å². The predicted molar refractivity (Wildman–Crippen MR) is 80.4 cm³/mol. The third-order valence-corrected chi connectivity index (χ3v) is 3.98. The maximum Gasteiger partial charge on any atom is 0.334 e. The van der Waals surface area contributed by atoms with Gasteiger partial charge in [-0.05, 0) is 18.2 Å². The molecule has 0 saturated carbocycles. The van der Waals surface area contributed by atoms with Crippen molar-refractivity contribution in [3.05, 3.63) is 29.6 Å². The highest BCUT2D eigenvalue weighted by molar-refractivity contribution is 5.99. The molecule has 2 aliphatic rings. The van der Waals surface area contributed by atoms with Crippen LogP contribution in [0.2, 0.25) is 0 Å². The molecule has 0 radical (unpaired) electrons. The van der Waals surface area contributed by atoms with Crippen LogP contribution < -0.4 is 10.2 Å². The summed E-state index contributed by atoms with van der Waals surface area (Å²) < 4.78 is 19.2. The van der Waals surface area contributed by atoms with Crippen molar-refractivity contribution < 1.29 is 28.6 Å². The molecule has 1 aromatic carbocycles. The van der Waals surface area contributed by atoms with Crippen LogP contribution in [0.25, 0.3) is 0 Å². The van der Waals surface area contributed by atoms with E-state index in [-0.39, 0.29) is 31.3 Å². The Morgan fingerprint density at radius 3 is 2.79 bits per heavy atom. The molecule has 1 aromatic rings. The maximum atomic E-state index is 14.1. The highest BCUT2D eigenvalue weighted by Gasteiger charge is 2.31. The van der Waals surface area contributed by atoms with Crippen LogP contribution in [-0.4, -0.2) is 66.8 Å². The second-order valence-electron chi connectivity index (χ2n) is 5.50. The lowest BCUT2D eigenvalue weighted by molar-refractivity contribution is -0.154. The van der Waals surface area contributed by atoms with Gasteiger partial charge in [-0.15, -0.1) is 0 Å². The Kier molecular flexibility index (Phi) is 4.34. The van der Waals surface area contributed by atoms with Gasteiger partial charge < -0.3 is 20.1 Å². The minimum Gasteiger partial charge on any atom is -0.479 e. The maximum absolute atomic E-state index is 14.1. The Labute approximate surface area is 136 Å². The molecule has 0 bridgehead atoms. The van der Waals surface area contributed by atoms with Crippen LogP contribution in [0.4, 0.5) is 14.9 Å². The van der Waals surface area contributed by atoms with E-state index in [1.54, 1.807) is 0 Å². The molecule has 2 heterocycles. The fraction of sp³-hybridized carbons (Fsp3) is 0.400. The predicted octanol–water partition coefficient (Wildman–Crippen LogP) is 0.281. The van der Waals surface area contributed by atoms with E-state index in [0.29, 0.717) is 18.8 Å². The Bertz CT molecular complexity index is 696. The number of rotatable bonds is 3. The highest BCUT2D eigenvalue weighted by Crippen LogP contribution is 2.22. The van der Waals surface area contributed by atoms with Gasteiger partial charge in [-0.3, -0.25) is 9.69 Å². The number of carboxylic acids is 1. The lowest BCUT2D eigenvalue weighted by Gasteiger charge is -2.31. The zero-order valence-electron chi connectivity index (χ0n) is 12.7. The average molecular weight is 337 g/mol. The lowest BCUT2D eigenvalue weighted by atomic mass is 10.1. The van der Waals surface area contributed by atoms with E-state index in [2.05, 4.69) is 5.32 Å². The summed E-state index contributed by atoms with van der Waals surface area (Å²) in [6.07, 6.45) is -1.13. The Morgan fingerprint density at radius 2 is 2.12 bits per heavy atom. The van der Waals surface area contributed by atoms with Gasteiger partial charge in [-0.2, -0.15) is 0 Å². The van der Waals surface area contributed by atoms with Gasteiger partial charge in [0.2, 0.25) is 0 Å². The van der Waals surface area contributed by atoms with Crippen LogP contribution >= 0.6 is 0 Å². The zero-order valence-corrected chi connectivity index (χ0v) is 12.7. The van der Waals surface area contributed by atoms with Crippen molar-refractivity contribution in [2.45, 2.75) is 6.10 Å². The summed E-state index contributed by atoms with van der Waals surface area (Å²) in [7, 11) is 0. The molecule has 3 amide bonds. The Morgan fingerprint density at radius 1 is 1.33 bits per heavy atom. The number of benzene rings is 1. The number of hydrogen-bond donors (Lipinski definition) is 2. The van der Waals surface area contributed by atoms with Crippen molar-refractivity contribution >= 4 is 23.6 Å². The van der Waals surface area contributed by atoms with Crippen molar-refractivity contribution in [3.8, 4) is 0 Å². The third kappa shape index (κ3) is 3.02. The molecule has 3 rings (SSSR count). The van der Waals surface area contributed by atoms with Crippen LogP contribution in [-0.2, 0) is 9.53 Å². The van der Waals surface area contributed by atoms with Gasteiger partial charge >= 0.3 is 12.0 Å². The number of nitrogens with one attached hydrogen (secondary N) is 1. The number of aliphatic carboxylic acids is 1. The molecular formula is C15H16FN3O5. The van der Waals surface area contributed by atoms with Gasteiger partial charge in [-0.25, -0.2) is 14.0 Å². The Balaban J connectivity index is 1.84. The van der Waals surface area contributed by atoms with Crippen molar-refractivity contribution in [2.24, 2.45) is 0 Å². The van der Waals surface area contributed by atoms with Crippen molar-refractivity contribution in [2.75, 3.05) is 37.7 Å². The number of nitrogens with zero attached hydrogens (tertiary/aromatic N) is 2. The molecule has 1 atom stereocenters. The first-order valence-electron chi connectivity index (χ1n) is 7.46. The van der Waals surface area contributed by atoms with Crippen LogP contribution in [0.15, 0.2) is 18.2 Å². The third-order valence-electron chi connectivity index (χ3n) is 3.98. The first-order valence-corrected chi connectivity index (χ1v) is 7.46.